The van der Waals surface area contributed by atoms with Crippen LogP contribution < -0.4 is 9.47 Å². The minimum Gasteiger partial charge on any atom is -0.490 e. The Morgan fingerprint density at radius 1 is 0.871 bits per heavy atom. The second kappa shape index (κ2) is 10.7. The van der Waals surface area contributed by atoms with Gasteiger partial charge in [-0.25, -0.2) is 0 Å². The molecule has 2 aromatic carbocycles. The molecule has 0 aliphatic carbocycles. The number of hydrogen-bond acceptors (Lipinski definition) is 4. The number of ether oxygens (including phenoxy) is 2. The van der Waals surface area contributed by atoms with Crippen LogP contribution in [0.2, 0.25) is 10.0 Å². The zero-order valence-electron chi connectivity index (χ0n) is 17.7. The van der Waals surface area contributed by atoms with Crippen LogP contribution in [0.3, 0.4) is 0 Å². The van der Waals surface area contributed by atoms with Crippen molar-refractivity contribution in [1.82, 2.24) is 9.80 Å². The van der Waals surface area contributed by atoms with Gasteiger partial charge in [-0.1, -0.05) is 30.1 Å². The molecule has 1 heterocycles. The summed E-state index contributed by atoms with van der Waals surface area (Å²) < 4.78 is 11.4. The first-order valence-corrected chi connectivity index (χ1v) is 11.1. The molecule has 1 fully saturated rings. The van der Waals surface area contributed by atoms with E-state index < -0.39 is 0 Å². The van der Waals surface area contributed by atoms with Gasteiger partial charge < -0.3 is 19.3 Å². The lowest BCUT2D eigenvalue weighted by Crippen LogP contribution is -2.50. The van der Waals surface area contributed by atoms with Crippen LogP contribution in [0, 0.1) is 0 Å². The second-order valence-electron chi connectivity index (χ2n) is 7.16. The summed E-state index contributed by atoms with van der Waals surface area (Å²) in [6, 6.07) is 10.1. The highest BCUT2D eigenvalue weighted by molar-refractivity contribution is 6.32. The molecule has 8 heteroatoms. The van der Waals surface area contributed by atoms with Gasteiger partial charge in [0.1, 0.15) is 0 Å². The molecular formula is C23H26Cl2N2O4. The Balaban J connectivity index is 1.68. The van der Waals surface area contributed by atoms with Crippen molar-refractivity contribution in [2.45, 2.75) is 20.3 Å². The van der Waals surface area contributed by atoms with E-state index in [0.717, 1.165) is 6.42 Å². The summed E-state index contributed by atoms with van der Waals surface area (Å²) in [5.74, 6) is 0.704. The van der Waals surface area contributed by atoms with Gasteiger partial charge in [0, 0.05) is 42.3 Å². The molecular weight excluding hydrogens is 439 g/mol. The fourth-order valence-corrected chi connectivity index (χ4v) is 3.76. The molecule has 0 radical (unpaired) electrons. The minimum absolute atomic E-state index is 0.0668. The molecule has 0 saturated carbocycles. The van der Waals surface area contributed by atoms with Crippen LogP contribution in [0.25, 0.3) is 0 Å². The molecule has 2 amide bonds. The highest BCUT2D eigenvalue weighted by Crippen LogP contribution is 2.37. The van der Waals surface area contributed by atoms with E-state index in [9.17, 15) is 9.59 Å². The summed E-state index contributed by atoms with van der Waals surface area (Å²) in [7, 11) is 0. The average Bonchev–Trinajstić information content (AvgIpc) is 2.78. The molecule has 1 aliphatic rings. The summed E-state index contributed by atoms with van der Waals surface area (Å²) in [5, 5.41) is 0.933. The smallest absolute Gasteiger partial charge is 0.254 e. The van der Waals surface area contributed by atoms with Crippen molar-refractivity contribution in [2.75, 3.05) is 39.4 Å². The van der Waals surface area contributed by atoms with Crippen molar-refractivity contribution in [3.8, 4) is 11.5 Å². The van der Waals surface area contributed by atoms with Crippen LogP contribution >= 0.6 is 23.2 Å². The number of rotatable bonds is 7. The first-order valence-electron chi connectivity index (χ1n) is 10.4. The summed E-state index contributed by atoms with van der Waals surface area (Å²) in [4.78, 5) is 29.2. The van der Waals surface area contributed by atoms with Crippen LogP contribution in [0.15, 0.2) is 36.4 Å². The lowest BCUT2D eigenvalue weighted by molar-refractivity contribution is 0.0535. The number of piperazine rings is 1. The van der Waals surface area contributed by atoms with E-state index in [2.05, 4.69) is 0 Å². The van der Waals surface area contributed by atoms with Gasteiger partial charge in [0.25, 0.3) is 11.8 Å². The molecule has 3 rings (SSSR count). The number of benzene rings is 2. The molecule has 2 aromatic rings. The molecule has 0 atom stereocenters. The maximum Gasteiger partial charge on any atom is 0.254 e. The van der Waals surface area contributed by atoms with Gasteiger partial charge in [0.2, 0.25) is 0 Å². The third kappa shape index (κ3) is 5.63. The Labute approximate surface area is 192 Å². The van der Waals surface area contributed by atoms with Crippen LogP contribution in [-0.2, 0) is 0 Å². The summed E-state index contributed by atoms with van der Waals surface area (Å²) in [6.45, 7) is 6.60. The zero-order valence-corrected chi connectivity index (χ0v) is 19.2. The number of carbonyl (C=O) groups is 2. The van der Waals surface area contributed by atoms with E-state index in [1.165, 1.54) is 0 Å². The summed E-state index contributed by atoms with van der Waals surface area (Å²) in [5.41, 5.74) is 1.02. The average molecular weight is 465 g/mol. The summed E-state index contributed by atoms with van der Waals surface area (Å²) >= 11 is 12.3. The molecule has 1 saturated heterocycles. The van der Waals surface area contributed by atoms with Gasteiger partial charge in [-0.3, -0.25) is 9.59 Å². The van der Waals surface area contributed by atoms with Crippen LogP contribution in [0.1, 0.15) is 41.0 Å². The molecule has 166 valence electrons. The first kappa shape index (κ1) is 23.2. The number of nitrogens with zero attached hydrogens (tertiary/aromatic N) is 2. The molecule has 1 aliphatic heterocycles. The zero-order chi connectivity index (χ0) is 22.4. The van der Waals surface area contributed by atoms with E-state index in [1.807, 2.05) is 13.8 Å². The van der Waals surface area contributed by atoms with Crippen LogP contribution in [0.4, 0.5) is 0 Å². The lowest BCUT2D eigenvalue weighted by atomic mass is 10.1. The van der Waals surface area contributed by atoms with Gasteiger partial charge in [-0.2, -0.15) is 0 Å². The number of halogens is 2. The maximum atomic E-state index is 13.1. The Kier molecular flexibility index (Phi) is 8.04. The SMILES string of the molecule is CCCOc1c(Cl)cc(C(=O)N2CCN(C(=O)c3ccc(Cl)cc3)CC2)cc1OCC. The van der Waals surface area contributed by atoms with E-state index in [-0.39, 0.29) is 11.8 Å². The van der Waals surface area contributed by atoms with E-state index >= 15 is 0 Å². The van der Waals surface area contributed by atoms with Gasteiger partial charge in [0.05, 0.1) is 18.2 Å². The van der Waals surface area contributed by atoms with Crippen molar-refractivity contribution in [3.63, 3.8) is 0 Å². The molecule has 0 unspecified atom stereocenters. The molecule has 0 spiro atoms. The highest BCUT2D eigenvalue weighted by Gasteiger charge is 2.27. The molecule has 0 aromatic heterocycles. The van der Waals surface area contributed by atoms with E-state index in [1.54, 1.807) is 46.2 Å². The predicted octanol–water partition coefficient (Wildman–Crippen LogP) is 4.78. The summed E-state index contributed by atoms with van der Waals surface area (Å²) in [6.07, 6.45) is 0.835. The van der Waals surface area contributed by atoms with Crippen molar-refractivity contribution >= 4 is 35.0 Å². The Morgan fingerprint density at radius 2 is 1.45 bits per heavy atom. The van der Waals surface area contributed by atoms with Crippen molar-refractivity contribution in [3.05, 3.63) is 57.6 Å². The fourth-order valence-electron chi connectivity index (χ4n) is 3.37. The van der Waals surface area contributed by atoms with Crippen molar-refractivity contribution in [2.24, 2.45) is 0 Å². The van der Waals surface area contributed by atoms with Crippen molar-refractivity contribution < 1.29 is 19.1 Å². The first-order chi connectivity index (χ1) is 14.9. The largest absolute Gasteiger partial charge is 0.490 e. The van der Waals surface area contributed by atoms with Gasteiger partial charge in [-0.05, 0) is 49.7 Å². The van der Waals surface area contributed by atoms with Gasteiger partial charge in [0.15, 0.2) is 11.5 Å². The van der Waals surface area contributed by atoms with E-state index in [4.69, 9.17) is 32.7 Å². The highest BCUT2D eigenvalue weighted by atomic mass is 35.5. The Bertz CT molecular complexity index is 926. The fraction of sp³-hybridized carbons (Fsp3) is 0.391. The van der Waals surface area contributed by atoms with Gasteiger partial charge in [-0.15, -0.1) is 0 Å². The number of hydrogen-bond donors (Lipinski definition) is 0. The lowest BCUT2D eigenvalue weighted by Gasteiger charge is -2.35. The quantitative estimate of drug-likeness (QED) is 0.591. The number of carbonyl (C=O) groups excluding carboxylic acids is 2. The number of amides is 2. The molecule has 31 heavy (non-hydrogen) atoms. The third-order valence-corrected chi connectivity index (χ3v) is 5.48. The third-order valence-electron chi connectivity index (χ3n) is 4.95. The molecule has 6 nitrogen and oxygen atoms in total. The minimum atomic E-state index is -0.150. The second-order valence-corrected chi connectivity index (χ2v) is 8.00. The topological polar surface area (TPSA) is 59.1 Å². The monoisotopic (exact) mass is 464 g/mol. The molecule has 0 bridgehead atoms. The standard InChI is InChI=1S/C23H26Cl2N2O4/c1-3-13-31-21-19(25)14-17(15-20(21)30-4-2)23(29)27-11-9-26(10-12-27)22(28)16-5-7-18(24)8-6-16/h5-8,14-15H,3-4,9-13H2,1-2H3. The Morgan fingerprint density at radius 3 is 2.00 bits per heavy atom. The Hall–Kier alpha value is -2.44. The maximum absolute atomic E-state index is 13.1. The van der Waals surface area contributed by atoms with Crippen LogP contribution in [-0.4, -0.2) is 61.0 Å². The normalized spacial score (nSPS) is 13.8. The van der Waals surface area contributed by atoms with E-state index in [0.29, 0.717) is 72.1 Å². The van der Waals surface area contributed by atoms with Gasteiger partial charge >= 0.3 is 0 Å². The predicted molar refractivity (Wildman–Crippen MR) is 122 cm³/mol. The molecule has 0 N–H and O–H groups in total. The van der Waals surface area contributed by atoms with Crippen LogP contribution in [0.5, 0.6) is 11.5 Å². The van der Waals surface area contributed by atoms with Crippen molar-refractivity contribution in [1.29, 1.82) is 0 Å².